The van der Waals surface area contributed by atoms with Crippen molar-refractivity contribution in [3.05, 3.63) is 28.8 Å². The largest absolute Gasteiger partial charge is 0.496 e. The first-order chi connectivity index (χ1) is 8.83. The van der Waals surface area contributed by atoms with Crippen LogP contribution in [0.3, 0.4) is 0 Å². The lowest BCUT2D eigenvalue weighted by atomic mass is 10.0. The smallest absolute Gasteiger partial charge is 0.125 e. The molecule has 0 aliphatic carbocycles. The summed E-state index contributed by atoms with van der Waals surface area (Å²) in [5.41, 5.74) is 9.64. The average molecular weight is 264 g/mol. The van der Waals surface area contributed by atoms with Crippen molar-refractivity contribution in [1.82, 2.24) is 5.32 Å². The highest BCUT2D eigenvalue weighted by Crippen LogP contribution is 2.25. The highest BCUT2D eigenvalue weighted by Gasteiger charge is 2.10. The van der Waals surface area contributed by atoms with Gasteiger partial charge in [0.2, 0.25) is 0 Å². The summed E-state index contributed by atoms with van der Waals surface area (Å²) in [7, 11) is 1.74. The summed E-state index contributed by atoms with van der Waals surface area (Å²) in [5, 5.41) is 3.45. The molecule has 1 rings (SSSR count). The third kappa shape index (κ3) is 5.62. The molecule has 0 aliphatic heterocycles. The van der Waals surface area contributed by atoms with E-state index in [1.807, 2.05) is 0 Å². The van der Waals surface area contributed by atoms with Gasteiger partial charge in [0.1, 0.15) is 5.75 Å². The lowest BCUT2D eigenvalue weighted by Crippen LogP contribution is -2.36. The number of methoxy groups -OCH3 is 1. The van der Waals surface area contributed by atoms with Crippen LogP contribution < -0.4 is 15.8 Å². The summed E-state index contributed by atoms with van der Waals surface area (Å²) in [6.07, 6.45) is 1.97. The van der Waals surface area contributed by atoms with E-state index in [0.717, 1.165) is 31.7 Å². The molecular formula is C16H28N2O. The number of benzene rings is 1. The van der Waals surface area contributed by atoms with E-state index in [2.05, 4.69) is 45.1 Å². The fourth-order valence-corrected chi connectivity index (χ4v) is 2.28. The fourth-order valence-electron chi connectivity index (χ4n) is 2.28. The van der Waals surface area contributed by atoms with Crippen LogP contribution in [-0.2, 0) is 6.42 Å². The number of nitrogens with one attached hydrogen (secondary N) is 1. The fraction of sp³-hybridized carbons (Fsp3) is 0.625. The van der Waals surface area contributed by atoms with E-state index in [-0.39, 0.29) is 5.54 Å². The maximum atomic E-state index is 5.95. The van der Waals surface area contributed by atoms with Crippen LogP contribution in [0.15, 0.2) is 12.1 Å². The minimum absolute atomic E-state index is 0.0926. The maximum Gasteiger partial charge on any atom is 0.125 e. The predicted octanol–water partition coefficient (Wildman–Crippen LogP) is 2.57. The van der Waals surface area contributed by atoms with Crippen molar-refractivity contribution in [2.24, 2.45) is 5.73 Å². The summed E-state index contributed by atoms with van der Waals surface area (Å²) in [4.78, 5) is 0. The van der Waals surface area contributed by atoms with E-state index in [1.165, 1.54) is 16.7 Å². The Balaban J connectivity index is 2.49. The van der Waals surface area contributed by atoms with E-state index >= 15 is 0 Å². The standard InChI is InChI=1S/C16H28N2O/c1-12-10-13(2)15(19-5)14(11-12)6-8-18-9-7-16(3,4)17/h10-11,18H,6-9,17H2,1-5H3. The van der Waals surface area contributed by atoms with E-state index in [9.17, 15) is 0 Å². The van der Waals surface area contributed by atoms with Crippen LogP contribution in [0, 0.1) is 13.8 Å². The Morgan fingerprint density at radius 2 is 1.89 bits per heavy atom. The Morgan fingerprint density at radius 1 is 1.21 bits per heavy atom. The SMILES string of the molecule is COc1c(C)cc(C)cc1CCNCCC(C)(C)N. The molecule has 3 N–H and O–H groups in total. The van der Waals surface area contributed by atoms with Gasteiger partial charge in [-0.3, -0.25) is 0 Å². The van der Waals surface area contributed by atoms with Crippen LogP contribution in [-0.4, -0.2) is 25.7 Å². The molecule has 108 valence electrons. The van der Waals surface area contributed by atoms with Gasteiger partial charge in [-0.25, -0.2) is 0 Å². The van der Waals surface area contributed by atoms with Gasteiger partial charge in [0.05, 0.1) is 7.11 Å². The molecule has 19 heavy (non-hydrogen) atoms. The first-order valence-corrected chi connectivity index (χ1v) is 6.97. The second kappa shape index (κ2) is 6.92. The number of hydrogen-bond donors (Lipinski definition) is 2. The Kier molecular flexibility index (Phi) is 5.83. The zero-order chi connectivity index (χ0) is 14.5. The number of aryl methyl sites for hydroxylation is 2. The van der Waals surface area contributed by atoms with Crippen LogP contribution >= 0.6 is 0 Å². The quantitative estimate of drug-likeness (QED) is 0.744. The molecule has 0 aromatic heterocycles. The van der Waals surface area contributed by atoms with Gasteiger partial charge in [0.25, 0.3) is 0 Å². The van der Waals surface area contributed by atoms with Gasteiger partial charge in [-0.1, -0.05) is 17.7 Å². The normalized spacial score (nSPS) is 11.7. The first-order valence-electron chi connectivity index (χ1n) is 6.97. The number of hydrogen-bond acceptors (Lipinski definition) is 3. The lowest BCUT2D eigenvalue weighted by Gasteiger charge is -2.18. The van der Waals surface area contributed by atoms with Crippen molar-refractivity contribution in [1.29, 1.82) is 0 Å². The summed E-state index contributed by atoms with van der Waals surface area (Å²) >= 11 is 0. The lowest BCUT2D eigenvalue weighted by molar-refractivity contribution is 0.405. The van der Waals surface area contributed by atoms with Crippen LogP contribution in [0.25, 0.3) is 0 Å². The van der Waals surface area contributed by atoms with Gasteiger partial charge in [-0.05, 0) is 64.8 Å². The van der Waals surface area contributed by atoms with E-state index in [1.54, 1.807) is 7.11 Å². The summed E-state index contributed by atoms with van der Waals surface area (Å²) in [6, 6.07) is 4.37. The summed E-state index contributed by atoms with van der Waals surface area (Å²) in [6.45, 7) is 10.2. The van der Waals surface area contributed by atoms with Crippen molar-refractivity contribution < 1.29 is 4.74 Å². The van der Waals surface area contributed by atoms with Crippen molar-refractivity contribution in [2.45, 2.75) is 46.1 Å². The number of rotatable bonds is 7. The second-order valence-electron chi connectivity index (χ2n) is 6.01. The molecule has 0 aliphatic rings. The van der Waals surface area contributed by atoms with Crippen molar-refractivity contribution in [3.63, 3.8) is 0 Å². The van der Waals surface area contributed by atoms with Crippen molar-refractivity contribution in [3.8, 4) is 5.75 Å². The molecule has 0 heterocycles. The van der Waals surface area contributed by atoms with Crippen molar-refractivity contribution >= 4 is 0 Å². The molecule has 3 heteroatoms. The molecule has 0 bridgehead atoms. The van der Waals surface area contributed by atoms with Gasteiger partial charge >= 0.3 is 0 Å². The molecule has 3 nitrogen and oxygen atoms in total. The predicted molar refractivity (Wildman–Crippen MR) is 81.9 cm³/mol. The van der Waals surface area contributed by atoms with E-state index in [4.69, 9.17) is 10.5 Å². The molecule has 0 saturated heterocycles. The monoisotopic (exact) mass is 264 g/mol. The van der Waals surface area contributed by atoms with Crippen LogP contribution in [0.2, 0.25) is 0 Å². The zero-order valence-corrected chi connectivity index (χ0v) is 13.0. The van der Waals surface area contributed by atoms with E-state index in [0.29, 0.717) is 0 Å². The van der Waals surface area contributed by atoms with E-state index < -0.39 is 0 Å². The van der Waals surface area contributed by atoms with Gasteiger partial charge in [0, 0.05) is 5.54 Å². The Bertz CT molecular complexity index is 408. The third-order valence-electron chi connectivity index (χ3n) is 3.22. The molecule has 0 amide bonds. The first kappa shape index (κ1) is 16.0. The minimum Gasteiger partial charge on any atom is -0.496 e. The molecule has 0 spiro atoms. The zero-order valence-electron chi connectivity index (χ0n) is 13.0. The second-order valence-corrected chi connectivity index (χ2v) is 6.01. The molecule has 0 saturated carbocycles. The Morgan fingerprint density at radius 3 is 2.47 bits per heavy atom. The topological polar surface area (TPSA) is 47.3 Å². The Labute approximate surface area is 117 Å². The molecule has 1 aromatic rings. The summed E-state index contributed by atoms with van der Waals surface area (Å²) < 4.78 is 5.49. The Hall–Kier alpha value is -1.06. The van der Waals surface area contributed by atoms with Gasteiger partial charge < -0.3 is 15.8 Å². The number of ether oxygens (including phenoxy) is 1. The average Bonchev–Trinajstić information content (AvgIpc) is 2.26. The minimum atomic E-state index is -0.0926. The van der Waals surface area contributed by atoms with Crippen LogP contribution in [0.5, 0.6) is 5.75 Å². The summed E-state index contributed by atoms with van der Waals surface area (Å²) in [5.74, 6) is 1.02. The van der Waals surface area contributed by atoms with Crippen molar-refractivity contribution in [2.75, 3.05) is 20.2 Å². The van der Waals surface area contributed by atoms with Gasteiger partial charge in [0.15, 0.2) is 0 Å². The molecular weight excluding hydrogens is 236 g/mol. The molecule has 0 fully saturated rings. The van der Waals surface area contributed by atoms with Crippen LogP contribution in [0.4, 0.5) is 0 Å². The van der Waals surface area contributed by atoms with Gasteiger partial charge in [-0.15, -0.1) is 0 Å². The van der Waals surface area contributed by atoms with Gasteiger partial charge in [-0.2, -0.15) is 0 Å². The highest BCUT2D eigenvalue weighted by atomic mass is 16.5. The maximum absolute atomic E-state index is 5.95. The van der Waals surface area contributed by atoms with Crippen LogP contribution in [0.1, 0.15) is 37.0 Å². The number of nitrogens with two attached hydrogens (primary N) is 1. The highest BCUT2D eigenvalue weighted by molar-refractivity contribution is 5.43. The molecule has 0 unspecified atom stereocenters. The molecule has 0 atom stereocenters. The molecule has 1 aromatic carbocycles. The third-order valence-corrected chi connectivity index (χ3v) is 3.22. The molecule has 0 radical (unpaired) electrons.